The second-order valence-electron chi connectivity index (χ2n) is 5.83. The smallest absolute Gasteiger partial charge is 0.192 e. The number of aromatic nitrogens is 2. The van der Waals surface area contributed by atoms with Crippen molar-refractivity contribution in [1.29, 1.82) is 0 Å². The molecular weight excluding hydrogens is 296 g/mol. The van der Waals surface area contributed by atoms with E-state index in [0.717, 1.165) is 28.8 Å². The molecule has 3 aromatic rings. The summed E-state index contributed by atoms with van der Waals surface area (Å²) in [7, 11) is 0. The normalized spacial score (nSPS) is 15.3. The quantitative estimate of drug-likeness (QED) is 0.660. The van der Waals surface area contributed by atoms with E-state index < -0.39 is 0 Å². The zero-order valence-corrected chi connectivity index (χ0v) is 13.1. The Morgan fingerprint density at radius 3 is 2.33 bits per heavy atom. The van der Waals surface area contributed by atoms with Crippen molar-refractivity contribution >= 4 is 11.9 Å². The van der Waals surface area contributed by atoms with Crippen molar-refractivity contribution in [2.75, 3.05) is 0 Å². The fourth-order valence-electron chi connectivity index (χ4n) is 2.95. The summed E-state index contributed by atoms with van der Waals surface area (Å²) in [5.41, 5.74) is 4.32. The van der Waals surface area contributed by atoms with Crippen LogP contribution in [0.1, 0.15) is 28.0 Å². The maximum atomic E-state index is 12.7. The van der Waals surface area contributed by atoms with Gasteiger partial charge in [0.25, 0.3) is 0 Å². The maximum absolute atomic E-state index is 12.7. The molecule has 4 rings (SSSR count). The molecule has 0 bridgehead atoms. The molecule has 0 spiro atoms. The van der Waals surface area contributed by atoms with E-state index in [0.29, 0.717) is 17.8 Å². The van der Waals surface area contributed by atoms with Gasteiger partial charge in [0, 0.05) is 17.3 Å². The first-order valence-corrected chi connectivity index (χ1v) is 8.03. The van der Waals surface area contributed by atoms with Crippen LogP contribution in [0.5, 0.6) is 0 Å². The summed E-state index contributed by atoms with van der Waals surface area (Å²) in [5.74, 6) is 0.720. The van der Waals surface area contributed by atoms with Crippen molar-refractivity contribution in [3.8, 4) is 11.4 Å². The fraction of sp³-hybridized carbons (Fsp3) is 0.0952. The van der Waals surface area contributed by atoms with Crippen molar-refractivity contribution in [1.82, 2.24) is 9.97 Å². The zero-order valence-electron chi connectivity index (χ0n) is 13.1. The number of carbonyl (C=O) groups excluding carboxylic acids is 1. The fourth-order valence-corrected chi connectivity index (χ4v) is 2.95. The Hall–Kier alpha value is -3.07. The molecule has 0 aliphatic heterocycles. The summed E-state index contributed by atoms with van der Waals surface area (Å²) >= 11 is 0. The molecule has 1 aliphatic carbocycles. The van der Waals surface area contributed by atoms with Gasteiger partial charge < -0.3 is 0 Å². The standard InChI is InChI=1S/C21H16N2O/c24-20-17(13-15-7-3-1-4-8-15)11-12-19-18(20)14-22-21(23-19)16-9-5-2-6-10-16/h1-10,13-14H,11-12H2/b17-13+. The number of rotatable bonds is 2. The number of benzene rings is 2. The van der Waals surface area contributed by atoms with Crippen molar-refractivity contribution in [2.24, 2.45) is 0 Å². The monoisotopic (exact) mass is 312 g/mol. The molecule has 0 atom stereocenters. The molecule has 0 N–H and O–H groups in total. The Morgan fingerprint density at radius 1 is 0.875 bits per heavy atom. The number of carbonyl (C=O) groups is 1. The van der Waals surface area contributed by atoms with Gasteiger partial charge in [-0.15, -0.1) is 0 Å². The lowest BCUT2D eigenvalue weighted by atomic mass is 9.89. The first-order valence-electron chi connectivity index (χ1n) is 8.03. The van der Waals surface area contributed by atoms with Crippen LogP contribution in [-0.4, -0.2) is 15.8 Å². The van der Waals surface area contributed by atoms with Gasteiger partial charge in [-0.05, 0) is 24.5 Å². The van der Waals surface area contributed by atoms with Gasteiger partial charge in [0.2, 0.25) is 0 Å². The van der Waals surface area contributed by atoms with Gasteiger partial charge in [-0.3, -0.25) is 4.79 Å². The summed E-state index contributed by atoms with van der Waals surface area (Å²) in [6.07, 6.45) is 5.12. The zero-order chi connectivity index (χ0) is 16.4. The lowest BCUT2D eigenvalue weighted by Crippen LogP contribution is -2.16. The number of hydrogen-bond donors (Lipinski definition) is 0. The lowest BCUT2D eigenvalue weighted by Gasteiger charge is -2.17. The SMILES string of the molecule is O=C1/C(=C/c2ccccc2)CCc2nc(-c3ccccc3)ncc21. The Morgan fingerprint density at radius 2 is 1.58 bits per heavy atom. The minimum Gasteiger partial charge on any atom is -0.289 e. The molecule has 0 saturated heterocycles. The number of fused-ring (bicyclic) bond motifs is 1. The Labute approximate surface area is 140 Å². The van der Waals surface area contributed by atoms with E-state index in [1.165, 1.54) is 0 Å². The van der Waals surface area contributed by atoms with E-state index in [1.54, 1.807) is 6.20 Å². The number of aryl methyl sites for hydroxylation is 1. The van der Waals surface area contributed by atoms with Crippen LogP contribution >= 0.6 is 0 Å². The molecule has 0 fully saturated rings. The van der Waals surface area contributed by atoms with Crippen LogP contribution in [0.2, 0.25) is 0 Å². The lowest BCUT2D eigenvalue weighted by molar-refractivity contribution is 0.102. The maximum Gasteiger partial charge on any atom is 0.192 e. The Kier molecular flexibility index (Phi) is 3.75. The summed E-state index contributed by atoms with van der Waals surface area (Å²) in [4.78, 5) is 21.7. The van der Waals surface area contributed by atoms with Crippen molar-refractivity contribution in [3.05, 3.63) is 89.3 Å². The van der Waals surface area contributed by atoms with Gasteiger partial charge in [-0.25, -0.2) is 9.97 Å². The summed E-state index contributed by atoms with van der Waals surface area (Å²) in [6, 6.07) is 19.8. The summed E-state index contributed by atoms with van der Waals surface area (Å²) in [6.45, 7) is 0. The summed E-state index contributed by atoms with van der Waals surface area (Å²) in [5, 5.41) is 0. The highest BCUT2D eigenvalue weighted by Crippen LogP contribution is 2.26. The van der Waals surface area contributed by atoms with Gasteiger partial charge in [0.05, 0.1) is 11.3 Å². The highest BCUT2D eigenvalue weighted by Gasteiger charge is 2.24. The van der Waals surface area contributed by atoms with Crippen LogP contribution in [0.25, 0.3) is 17.5 Å². The van der Waals surface area contributed by atoms with Crippen LogP contribution in [0.3, 0.4) is 0 Å². The molecular formula is C21H16N2O. The van der Waals surface area contributed by atoms with Crippen molar-refractivity contribution < 1.29 is 4.79 Å². The third-order valence-corrected chi connectivity index (χ3v) is 4.21. The molecule has 0 radical (unpaired) electrons. The van der Waals surface area contributed by atoms with Gasteiger partial charge >= 0.3 is 0 Å². The van der Waals surface area contributed by atoms with Crippen molar-refractivity contribution in [3.63, 3.8) is 0 Å². The van der Waals surface area contributed by atoms with E-state index in [9.17, 15) is 4.79 Å². The minimum absolute atomic E-state index is 0.0414. The second-order valence-corrected chi connectivity index (χ2v) is 5.83. The van der Waals surface area contributed by atoms with Crippen molar-refractivity contribution in [2.45, 2.75) is 12.8 Å². The molecule has 3 nitrogen and oxygen atoms in total. The topological polar surface area (TPSA) is 42.9 Å². The largest absolute Gasteiger partial charge is 0.289 e. The molecule has 116 valence electrons. The average Bonchev–Trinajstić information content (AvgIpc) is 2.65. The van der Waals surface area contributed by atoms with Gasteiger partial charge in [-0.1, -0.05) is 60.7 Å². The molecule has 1 aliphatic rings. The van der Waals surface area contributed by atoms with E-state index in [-0.39, 0.29) is 5.78 Å². The number of Topliss-reactive ketones (excluding diaryl/α,β-unsaturated/α-hetero) is 1. The molecule has 3 heteroatoms. The molecule has 1 heterocycles. The highest BCUT2D eigenvalue weighted by atomic mass is 16.1. The second kappa shape index (κ2) is 6.20. The Bertz CT molecular complexity index is 915. The Balaban J connectivity index is 1.68. The molecule has 0 unspecified atom stereocenters. The third kappa shape index (κ3) is 2.76. The number of allylic oxidation sites excluding steroid dienone is 1. The van der Waals surface area contributed by atoms with Crippen LogP contribution < -0.4 is 0 Å². The number of hydrogen-bond acceptors (Lipinski definition) is 3. The highest BCUT2D eigenvalue weighted by molar-refractivity contribution is 6.12. The molecule has 0 saturated carbocycles. The minimum atomic E-state index is 0.0414. The van der Waals surface area contributed by atoms with E-state index in [1.807, 2.05) is 66.7 Å². The molecule has 0 amide bonds. The summed E-state index contributed by atoms with van der Waals surface area (Å²) < 4.78 is 0. The first kappa shape index (κ1) is 14.5. The molecule has 2 aromatic carbocycles. The van der Waals surface area contributed by atoms with Crippen LogP contribution in [0.15, 0.2) is 72.4 Å². The molecule has 1 aromatic heterocycles. The molecule has 24 heavy (non-hydrogen) atoms. The third-order valence-electron chi connectivity index (χ3n) is 4.21. The van der Waals surface area contributed by atoms with E-state index in [2.05, 4.69) is 9.97 Å². The van der Waals surface area contributed by atoms with E-state index >= 15 is 0 Å². The van der Waals surface area contributed by atoms with E-state index in [4.69, 9.17) is 0 Å². The van der Waals surface area contributed by atoms with Crippen LogP contribution in [0, 0.1) is 0 Å². The van der Waals surface area contributed by atoms with Crippen LogP contribution in [-0.2, 0) is 6.42 Å². The predicted molar refractivity (Wildman–Crippen MR) is 94.5 cm³/mol. The average molecular weight is 312 g/mol. The van der Waals surface area contributed by atoms with Gasteiger partial charge in [-0.2, -0.15) is 0 Å². The number of ketones is 1. The van der Waals surface area contributed by atoms with Crippen LogP contribution in [0.4, 0.5) is 0 Å². The predicted octanol–water partition coefficient (Wildman–Crippen LogP) is 4.36. The van der Waals surface area contributed by atoms with Gasteiger partial charge in [0.15, 0.2) is 11.6 Å². The van der Waals surface area contributed by atoms with Gasteiger partial charge in [0.1, 0.15) is 0 Å². The first-order chi connectivity index (χ1) is 11.8. The number of nitrogens with zero attached hydrogens (tertiary/aromatic N) is 2.